The van der Waals surface area contributed by atoms with E-state index in [1.165, 1.54) is 49.8 Å². The Bertz CT molecular complexity index is 549. The normalized spacial score (nSPS) is 35.9. The van der Waals surface area contributed by atoms with Crippen molar-refractivity contribution in [1.29, 1.82) is 0 Å². The molecule has 4 aliphatic rings. The summed E-state index contributed by atoms with van der Waals surface area (Å²) >= 11 is 0. The van der Waals surface area contributed by atoms with Crippen LogP contribution in [0.2, 0.25) is 0 Å². The molecule has 1 aromatic rings. The highest BCUT2D eigenvalue weighted by atomic mass is 16.5. The fourth-order valence-electron chi connectivity index (χ4n) is 5.35. The van der Waals surface area contributed by atoms with Crippen molar-refractivity contribution in [1.82, 2.24) is 10.5 Å². The standard InChI is InChI=1S/C17H24N2O2/c1-2-5-14-11(4-1)13(19-21-14)10-18-15-12-6-9-20-16(12)17(15)7-3-8-17/h12,15-16,18H,1-10H2/t12-,15+,16-/m0/s1. The Morgan fingerprint density at radius 2 is 2.10 bits per heavy atom. The van der Waals surface area contributed by atoms with Gasteiger partial charge in [0.25, 0.3) is 0 Å². The molecule has 2 saturated carbocycles. The van der Waals surface area contributed by atoms with Gasteiger partial charge in [0.15, 0.2) is 0 Å². The van der Waals surface area contributed by atoms with Crippen LogP contribution >= 0.6 is 0 Å². The van der Waals surface area contributed by atoms with Gasteiger partial charge in [0.1, 0.15) is 11.5 Å². The van der Waals surface area contributed by atoms with Crippen LogP contribution in [0.1, 0.15) is 55.5 Å². The second-order valence-corrected chi connectivity index (χ2v) is 7.43. The summed E-state index contributed by atoms with van der Waals surface area (Å²) in [7, 11) is 0. The van der Waals surface area contributed by atoms with E-state index in [1.54, 1.807) is 0 Å². The summed E-state index contributed by atoms with van der Waals surface area (Å²) in [5.41, 5.74) is 3.03. The highest BCUT2D eigenvalue weighted by molar-refractivity contribution is 5.26. The minimum Gasteiger partial charge on any atom is -0.377 e. The van der Waals surface area contributed by atoms with Gasteiger partial charge in [0, 0.05) is 42.5 Å². The lowest BCUT2D eigenvalue weighted by atomic mass is 9.46. The molecule has 1 spiro atoms. The van der Waals surface area contributed by atoms with Gasteiger partial charge in [0.2, 0.25) is 0 Å². The lowest BCUT2D eigenvalue weighted by Gasteiger charge is -2.63. The van der Waals surface area contributed by atoms with Crippen molar-refractivity contribution in [2.24, 2.45) is 11.3 Å². The Hall–Kier alpha value is -0.870. The largest absolute Gasteiger partial charge is 0.377 e. The van der Waals surface area contributed by atoms with E-state index in [9.17, 15) is 0 Å². The number of fused-ring (bicyclic) bond motifs is 3. The van der Waals surface area contributed by atoms with Crippen molar-refractivity contribution in [2.75, 3.05) is 6.61 Å². The van der Waals surface area contributed by atoms with Crippen LogP contribution in [0, 0.1) is 11.3 Å². The van der Waals surface area contributed by atoms with Crippen LogP contribution in [-0.4, -0.2) is 23.9 Å². The van der Waals surface area contributed by atoms with Gasteiger partial charge in [-0.05, 0) is 38.5 Å². The van der Waals surface area contributed by atoms with Crippen molar-refractivity contribution in [3.63, 3.8) is 0 Å². The summed E-state index contributed by atoms with van der Waals surface area (Å²) < 4.78 is 11.5. The number of nitrogens with one attached hydrogen (secondary N) is 1. The Balaban J connectivity index is 1.31. The van der Waals surface area contributed by atoms with E-state index in [-0.39, 0.29) is 0 Å². The molecule has 0 unspecified atom stereocenters. The Morgan fingerprint density at radius 1 is 1.19 bits per heavy atom. The molecule has 2 heterocycles. The molecule has 4 nitrogen and oxygen atoms in total. The van der Waals surface area contributed by atoms with Crippen molar-refractivity contribution in [3.05, 3.63) is 17.0 Å². The SMILES string of the molecule is C1CCc2c(CN[C@@H]3[C@@H]4CCO[C@@H]4C34CCC4)noc2C1. The lowest BCUT2D eigenvalue weighted by molar-refractivity contribution is -0.176. The summed E-state index contributed by atoms with van der Waals surface area (Å²) in [6.45, 7) is 1.85. The van der Waals surface area contributed by atoms with Crippen LogP contribution in [0.3, 0.4) is 0 Å². The number of hydrogen-bond donors (Lipinski definition) is 1. The molecule has 0 bridgehead atoms. The first-order valence-electron chi connectivity index (χ1n) is 8.70. The maximum Gasteiger partial charge on any atom is 0.140 e. The first-order valence-corrected chi connectivity index (χ1v) is 8.70. The predicted octanol–water partition coefficient (Wildman–Crippen LogP) is 2.60. The van der Waals surface area contributed by atoms with E-state index >= 15 is 0 Å². The third-order valence-corrected chi connectivity index (χ3v) is 6.56. The minimum absolute atomic E-state index is 0.463. The van der Waals surface area contributed by atoms with Gasteiger partial charge in [-0.15, -0.1) is 0 Å². The topological polar surface area (TPSA) is 47.3 Å². The zero-order valence-corrected chi connectivity index (χ0v) is 12.6. The predicted molar refractivity (Wildman–Crippen MR) is 77.9 cm³/mol. The van der Waals surface area contributed by atoms with Gasteiger partial charge in [0.05, 0.1) is 6.10 Å². The number of rotatable bonds is 3. The molecule has 0 amide bonds. The molecule has 4 heteroatoms. The second kappa shape index (κ2) is 4.56. The number of aromatic nitrogens is 1. The summed E-state index contributed by atoms with van der Waals surface area (Å²) in [5.74, 6) is 1.89. The molecule has 21 heavy (non-hydrogen) atoms. The molecule has 0 radical (unpaired) electrons. The lowest BCUT2D eigenvalue weighted by Crippen LogP contribution is -2.70. The third kappa shape index (κ3) is 1.66. The zero-order valence-electron chi connectivity index (χ0n) is 12.6. The maximum absolute atomic E-state index is 5.99. The summed E-state index contributed by atoms with van der Waals surface area (Å²) in [5, 5.41) is 8.17. The van der Waals surface area contributed by atoms with Gasteiger partial charge < -0.3 is 14.6 Å². The van der Waals surface area contributed by atoms with E-state index in [1.807, 2.05) is 0 Å². The van der Waals surface area contributed by atoms with Crippen LogP contribution in [-0.2, 0) is 24.1 Å². The highest BCUT2D eigenvalue weighted by Gasteiger charge is 2.66. The van der Waals surface area contributed by atoms with Gasteiger partial charge in [-0.1, -0.05) is 11.6 Å². The number of nitrogens with zero attached hydrogens (tertiary/aromatic N) is 1. The quantitative estimate of drug-likeness (QED) is 0.928. The van der Waals surface area contributed by atoms with E-state index in [0.717, 1.165) is 37.7 Å². The summed E-state index contributed by atoms with van der Waals surface area (Å²) in [4.78, 5) is 0. The second-order valence-electron chi connectivity index (χ2n) is 7.43. The fourth-order valence-corrected chi connectivity index (χ4v) is 5.35. The molecule has 0 aromatic carbocycles. The Kier molecular flexibility index (Phi) is 2.75. The van der Waals surface area contributed by atoms with E-state index in [4.69, 9.17) is 9.26 Å². The molecule has 5 rings (SSSR count). The molecule has 3 aliphatic carbocycles. The Labute approximate surface area is 125 Å². The number of aryl methyl sites for hydroxylation is 1. The van der Waals surface area contributed by atoms with Gasteiger partial charge in [-0.25, -0.2) is 0 Å². The van der Waals surface area contributed by atoms with Crippen molar-refractivity contribution in [2.45, 2.75) is 70.1 Å². The van der Waals surface area contributed by atoms with Gasteiger partial charge >= 0.3 is 0 Å². The monoisotopic (exact) mass is 288 g/mol. The molecule has 1 N–H and O–H groups in total. The van der Waals surface area contributed by atoms with E-state index < -0.39 is 0 Å². The van der Waals surface area contributed by atoms with Gasteiger partial charge in [-0.2, -0.15) is 0 Å². The molecular weight excluding hydrogens is 264 g/mol. The summed E-state index contributed by atoms with van der Waals surface area (Å²) in [6.07, 6.45) is 10.6. The van der Waals surface area contributed by atoms with E-state index in [2.05, 4.69) is 10.5 Å². The first kappa shape index (κ1) is 12.7. The third-order valence-electron chi connectivity index (χ3n) is 6.56. The average molecular weight is 288 g/mol. The van der Waals surface area contributed by atoms with Crippen LogP contribution in [0.5, 0.6) is 0 Å². The molecule has 114 valence electrons. The van der Waals surface area contributed by atoms with Crippen molar-refractivity contribution >= 4 is 0 Å². The number of ether oxygens (including phenoxy) is 1. The zero-order chi connectivity index (χ0) is 13.9. The highest BCUT2D eigenvalue weighted by Crippen LogP contribution is 2.62. The number of hydrogen-bond acceptors (Lipinski definition) is 4. The first-order chi connectivity index (χ1) is 10.4. The fraction of sp³-hybridized carbons (Fsp3) is 0.824. The van der Waals surface area contributed by atoms with Crippen LogP contribution in [0.25, 0.3) is 0 Å². The molecular formula is C17H24N2O2. The van der Waals surface area contributed by atoms with Crippen molar-refractivity contribution in [3.8, 4) is 0 Å². The molecule has 1 aromatic heterocycles. The summed E-state index contributed by atoms with van der Waals surface area (Å²) in [6, 6.07) is 0.648. The van der Waals surface area contributed by atoms with Gasteiger partial charge in [-0.3, -0.25) is 0 Å². The van der Waals surface area contributed by atoms with Crippen molar-refractivity contribution < 1.29 is 9.26 Å². The van der Waals surface area contributed by atoms with Crippen LogP contribution in [0.4, 0.5) is 0 Å². The molecule has 3 atom stereocenters. The Morgan fingerprint density at radius 3 is 2.95 bits per heavy atom. The van der Waals surface area contributed by atoms with E-state index in [0.29, 0.717) is 17.6 Å². The minimum atomic E-state index is 0.463. The average Bonchev–Trinajstić information content (AvgIpc) is 3.04. The smallest absolute Gasteiger partial charge is 0.140 e. The van der Waals surface area contributed by atoms with Crippen LogP contribution < -0.4 is 5.32 Å². The van der Waals surface area contributed by atoms with Crippen LogP contribution in [0.15, 0.2) is 4.52 Å². The maximum atomic E-state index is 5.99. The molecule has 3 fully saturated rings. The molecule has 1 aliphatic heterocycles. The molecule has 1 saturated heterocycles.